The van der Waals surface area contributed by atoms with Crippen molar-refractivity contribution in [2.24, 2.45) is 0 Å². The van der Waals surface area contributed by atoms with Gasteiger partial charge >= 0.3 is 12.1 Å². The van der Waals surface area contributed by atoms with E-state index < -0.39 is 41.5 Å². The normalized spacial score (nSPS) is 11.2. The third-order valence-corrected chi connectivity index (χ3v) is 2.52. The number of hydrogen-bond acceptors (Lipinski definition) is 2. The largest absolute Gasteiger partial charge is 0.480 e. The van der Waals surface area contributed by atoms with Crippen LogP contribution in [0.5, 0.6) is 0 Å². The lowest BCUT2D eigenvalue weighted by molar-refractivity contribution is -0.138. The summed E-state index contributed by atoms with van der Waals surface area (Å²) in [6, 6.07) is 1.42. The van der Waals surface area contributed by atoms with Gasteiger partial charge in [0.1, 0.15) is 12.4 Å². The van der Waals surface area contributed by atoms with Crippen LogP contribution in [0.1, 0.15) is 22.8 Å². The molecule has 0 saturated carbocycles. The number of alkyl halides is 3. The molecule has 0 bridgehead atoms. The van der Waals surface area contributed by atoms with Crippen molar-refractivity contribution < 1.29 is 32.3 Å². The average Bonchev–Trinajstić information content (AvgIpc) is 2.34. The smallest absolute Gasteiger partial charge is 0.416 e. The maximum Gasteiger partial charge on any atom is 0.416 e. The van der Waals surface area contributed by atoms with E-state index in [1.54, 1.807) is 0 Å². The fourth-order valence-corrected chi connectivity index (χ4v) is 1.53. The Morgan fingerprint density at radius 1 is 1.30 bits per heavy atom. The number of carboxylic acid groups (broad SMARTS) is 1. The number of nitrogens with zero attached hydrogens (tertiary/aromatic N) is 1. The van der Waals surface area contributed by atoms with Gasteiger partial charge in [-0.25, -0.2) is 4.39 Å². The highest BCUT2D eigenvalue weighted by Gasteiger charge is 2.32. The minimum atomic E-state index is -4.72. The number of carboxylic acids is 1. The van der Waals surface area contributed by atoms with Crippen LogP contribution >= 0.6 is 0 Å². The van der Waals surface area contributed by atoms with Crippen LogP contribution in [-0.4, -0.2) is 35.0 Å². The first-order chi connectivity index (χ1) is 9.16. The second kappa shape index (κ2) is 5.89. The van der Waals surface area contributed by atoms with E-state index in [9.17, 15) is 27.2 Å². The lowest BCUT2D eigenvalue weighted by Crippen LogP contribution is -2.36. The molecule has 0 aliphatic heterocycles. The molecule has 0 fully saturated rings. The number of hydrogen-bond donors (Lipinski definition) is 1. The number of likely N-dealkylation sites (N-methyl/N-ethyl adjacent to an activating group) is 1. The van der Waals surface area contributed by atoms with Crippen molar-refractivity contribution in [1.29, 1.82) is 0 Å². The fourth-order valence-electron chi connectivity index (χ4n) is 1.53. The van der Waals surface area contributed by atoms with E-state index in [2.05, 4.69) is 0 Å². The standard InChI is InChI=1S/C12H11F4NO3/c1-2-17(6-10(18)19)11(20)8-5-7(12(14,15)16)3-4-9(8)13/h3-5H,2,6H2,1H3,(H,18,19). The van der Waals surface area contributed by atoms with Crippen LogP contribution in [0.4, 0.5) is 17.6 Å². The van der Waals surface area contributed by atoms with Gasteiger partial charge in [0.2, 0.25) is 0 Å². The first kappa shape index (κ1) is 15.9. The Balaban J connectivity index is 3.17. The van der Waals surface area contributed by atoms with Crippen LogP contribution in [0.2, 0.25) is 0 Å². The number of carbonyl (C=O) groups is 2. The molecule has 4 nitrogen and oxygen atoms in total. The molecule has 0 radical (unpaired) electrons. The Morgan fingerprint density at radius 3 is 2.35 bits per heavy atom. The maximum absolute atomic E-state index is 13.5. The van der Waals surface area contributed by atoms with Gasteiger partial charge in [-0.15, -0.1) is 0 Å². The average molecular weight is 293 g/mol. The van der Waals surface area contributed by atoms with E-state index in [-0.39, 0.29) is 6.54 Å². The third kappa shape index (κ3) is 3.69. The van der Waals surface area contributed by atoms with E-state index in [0.29, 0.717) is 18.2 Å². The van der Waals surface area contributed by atoms with Gasteiger partial charge < -0.3 is 10.0 Å². The van der Waals surface area contributed by atoms with Gasteiger partial charge in [-0.3, -0.25) is 9.59 Å². The van der Waals surface area contributed by atoms with Gasteiger partial charge in [0.25, 0.3) is 5.91 Å². The molecule has 1 N–H and O–H groups in total. The number of halogens is 4. The maximum atomic E-state index is 13.5. The van der Waals surface area contributed by atoms with Gasteiger partial charge in [-0.2, -0.15) is 13.2 Å². The minimum Gasteiger partial charge on any atom is -0.480 e. The monoisotopic (exact) mass is 293 g/mol. The topological polar surface area (TPSA) is 57.6 Å². The Labute approximate surface area is 111 Å². The van der Waals surface area contributed by atoms with Gasteiger partial charge in [0.05, 0.1) is 11.1 Å². The van der Waals surface area contributed by atoms with Crippen molar-refractivity contribution in [1.82, 2.24) is 4.90 Å². The third-order valence-electron chi connectivity index (χ3n) is 2.52. The first-order valence-corrected chi connectivity index (χ1v) is 5.54. The zero-order valence-electron chi connectivity index (χ0n) is 10.4. The first-order valence-electron chi connectivity index (χ1n) is 5.54. The van der Waals surface area contributed by atoms with Crippen LogP contribution < -0.4 is 0 Å². The summed E-state index contributed by atoms with van der Waals surface area (Å²) in [4.78, 5) is 23.2. The summed E-state index contributed by atoms with van der Waals surface area (Å²) in [6.07, 6.45) is -4.72. The summed E-state index contributed by atoms with van der Waals surface area (Å²) in [7, 11) is 0. The number of carbonyl (C=O) groups excluding carboxylic acids is 1. The number of aliphatic carboxylic acids is 1. The molecule has 0 aliphatic rings. The second-order valence-electron chi connectivity index (χ2n) is 3.91. The van der Waals surface area contributed by atoms with Crippen LogP contribution in [0.15, 0.2) is 18.2 Å². The molecule has 110 valence electrons. The Kier molecular flexibility index (Phi) is 4.69. The molecule has 0 saturated heterocycles. The highest BCUT2D eigenvalue weighted by Crippen LogP contribution is 2.30. The van der Waals surface area contributed by atoms with E-state index in [1.165, 1.54) is 6.92 Å². The molecule has 1 aromatic carbocycles. The van der Waals surface area contributed by atoms with Gasteiger partial charge in [0.15, 0.2) is 0 Å². The molecule has 0 aromatic heterocycles. The minimum absolute atomic E-state index is 0.0686. The van der Waals surface area contributed by atoms with Crippen molar-refractivity contribution in [3.05, 3.63) is 35.1 Å². The molecule has 1 aromatic rings. The van der Waals surface area contributed by atoms with E-state index in [1.807, 2.05) is 0 Å². The molecule has 0 aliphatic carbocycles. The molecule has 20 heavy (non-hydrogen) atoms. The molecule has 0 heterocycles. The highest BCUT2D eigenvalue weighted by molar-refractivity contribution is 5.96. The van der Waals surface area contributed by atoms with E-state index in [4.69, 9.17) is 5.11 Å². The predicted molar refractivity (Wildman–Crippen MR) is 60.6 cm³/mol. The lowest BCUT2D eigenvalue weighted by Gasteiger charge is -2.19. The second-order valence-corrected chi connectivity index (χ2v) is 3.91. The van der Waals surface area contributed by atoms with Gasteiger partial charge in [-0.1, -0.05) is 0 Å². The number of benzene rings is 1. The van der Waals surface area contributed by atoms with E-state index >= 15 is 0 Å². The van der Waals surface area contributed by atoms with Crippen LogP contribution in [0.25, 0.3) is 0 Å². The molecule has 0 atom stereocenters. The molecular formula is C12H11F4NO3. The zero-order chi connectivity index (χ0) is 15.5. The van der Waals surface area contributed by atoms with Gasteiger partial charge in [-0.05, 0) is 25.1 Å². The Bertz CT molecular complexity index is 528. The van der Waals surface area contributed by atoms with Gasteiger partial charge in [0, 0.05) is 6.54 Å². The van der Waals surface area contributed by atoms with Crippen LogP contribution in [-0.2, 0) is 11.0 Å². The summed E-state index contributed by atoms with van der Waals surface area (Å²) >= 11 is 0. The molecule has 8 heteroatoms. The molecule has 1 amide bonds. The quantitative estimate of drug-likeness (QED) is 0.867. The summed E-state index contributed by atoms with van der Waals surface area (Å²) in [5.74, 6) is -3.57. The Hall–Kier alpha value is -2.12. The fraction of sp³-hybridized carbons (Fsp3) is 0.333. The molecule has 1 rings (SSSR count). The lowest BCUT2D eigenvalue weighted by atomic mass is 10.1. The van der Waals surface area contributed by atoms with Crippen molar-refractivity contribution in [2.75, 3.05) is 13.1 Å². The predicted octanol–water partition coefficient (Wildman–Crippen LogP) is 2.39. The number of amides is 1. The van der Waals surface area contributed by atoms with Crippen molar-refractivity contribution in [3.8, 4) is 0 Å². The zero-order valence-corrected chi connectivity index (χ0v) is 10.4. The summed E-state index contributed by atoms with van der Waals surface area (Å²) in [5.41, 5.74) is -1.98. The van der Waals surface area contributed by atoms with Crippen molar-refractivity contribution in [3.63, 3.8) is 0 Å². The van der Waals surface area contributed by atoms with Crippen molar-refractivity contribution >= 4 is 11.9 Å². The summed E-state index contributed by atoms with van der Waals surface area (Å²) in [6.45, 7) is 0.651. The molecule has 0 spiro atoms. The number of rotatable bonds is 4. The SMILES string of the molecule is CCN(CC(=O)O)C(=O)c1cc(C(F)(F)F)ccc1F. The van der Waals surface area contributed by atoms with Crippen LogP contribution in [0.3, 0.4) is 0 Å². The summed E-state index contributed by atoms with van der Waals surface area (Å²) in [5, 5.41) is 8.60. The summed E-state index contributed by atoms with van der Waals surface area (Å²) < 4.78 is 51.0. The molecular weight excluding hydrogens is 282 g/mol. The Morgan fingerprint density at radius 2 is 1.90 bits per heavy atom. The van der Waals surface area contributed by atoms with Crippen molar-refractivity contribution in [2.45, 2.75) is 13.1 Å². The highest BCUT2D eigenvalue weighted by atomic mass is 19.4. The van der Waals surface area contributed by atoms with Crippen LogP contribution in [0, 0.1) is 5.82 Å². The van der Waals surface area contributed by atoms with E-state index in [0.717, 1.165) is 4.90 Å². The molecule has 0 unspecified atom stereocenters.